The van der Waals surface area contributed by atoms with Gasteiger partial charge in [-0.25, -0.2) is 4.79 Å². The molecule has 4 fully saturated rings. The molecular formula is C26H30N2O7. The zero-order valence-electron chi connectivity index (χ0n) is 19.7. The molecule has 1 aromatic rings. The van der Waals surface area contributed by atoms with Crippen LogP contribution >= 0.6 is 0 Å². The highest BCUT2D eigenvalue weighted by molar-refractivity contribution is 6.07. The first-order valence-corrected chi connectivity index (χ1v) is 12.7. The van der Waals surface area contributed by atoms with E-state index in [-0.39, 0.29) is 24.0 Å². The van der Waals surface area contributed by atoms with Crippen LogP contribution in [0.25, 0.3) is 0 Å². The standard InChI is InChI=1S/C26H30N2O7/c1-34-23(32)24(6-7-24)27-22(31)15-11-26(33)17-10-14-4-5-16(29)20-18(14)25(26,21(35-20)19(15)30)8-9-28(17)12-13-2-3-13/h4-5,13,15,17,21,29,33H,2-3,6-12H2,1H3,(H,27,31)/t15?,17-,21+,25+,26-/m1/s1. The van der Waals surface area contributed by atoms with E-state index in [2.05, 4.69) is 10.2 Å². The van der Waals surface area contributed by atoms with Crippen LogP contribution in [0.3, 0.4) is 0 Å². The van der Waals surface area contributed by atoms with Crippen molar-refractivity contribution in [1.29, 1.82) is 0 Å². The topological polar surface area (TPSA) is 125 Å². The maximum Gasteiger partial charge on any atom is 0.331 e. The third kappa shape index (κ3) is 2.63. The van der Waals surface area contributed by atoms with Gasteiger partial charge in [0.15, 0.2) is 23.4 Å². The number of likely N-dealkylation sites (tertiary alicyclic amines) is 1. The average Bonchev–Trinajstić information content (AvgIpc) is 3.76. The summed E-state index contributed by atoms with van der Waals surface area (Å²) in [6.07, 6.45) is 3.29. The molecule has 3 N–H and O–H groups in total. The number of nitrogens with zero attached hydrogens (tertiary/aromatic N) is 1. The minimum absolute atomic E-state index is 0.0326. The summed E-state index contributed by atoms with van der Waals surface area (Å²) in [5, 5.41) is 26.0. The molecule has 9 heteroatoms. The van der Waals surface area contributed by atoms with Gasteiger partial charge >= 0.3 is 5.97 Å². The summed E-state index contributed by atoms with van der Waals surface area (Å²) >= 11 is 0. The van der Waals surface area contributed by atoms with Gasteiger partial charge in [-0.05, 0) is 69.0 Å². The number of carbonyl (C=O) groups excluding carboxylic acids is 3. The van der Waals surface area contributed by atoms with Gasteiger partial charge in [-0.15, -0.1) is 0 Å². The zero-order valence-corrected chi connectivity index (χ0v) is 19.7. The molecule has 0 radical (unpaired) electrons. The van der Waals surface area contributed by atoms with E-state index < -0.39 is 46.2 Å². The van der Waals surface area contributed by atoms with E-state index in [9.17, 15) is 24.6 Å². The number of amides is 1. The quantitative estimate of drug-likeness (QED) is 0.411. The SMILES string of the molecule is COC(=O)C1(NC(=O)C2C[C@@]3(O)[C@H]4Cc5ccc(O)c6c5[C@@]3(CCN4CC3CC3)[C@@H](O6)C2=O)CC1. The molecule has 1 saturated heterocycles. The third-order valence-electron chi connectivity index (χ3n) is 9.64. The number of carbonyl (C=O) groups is 3. The molecule has 1 aromatic carbocycles. The van der Waals surface area contributed by atoms with Crippen molar-refractivity contribution >= 4 is 17.7 Å². The molecule has 1 unspecified atom stereocenters. The molecule has 186 valence electrons. The van der Waals surface area contributed by atoms with Crippen molar-refractivity contribution in [2.24, 2.45) is 11.8 Å². The van der Waals surface area contributed by atoms with E-state index >= 15 is 0 Å². The summed E-state index contributed by atoms with van der Waals surface area (Å²) in [5.41, 5.74) is -1.72. The van der Waals surface area contributed by atoms with Crippen LogP contribution in [0.2, 0.25) is 0 Å². The number of hydrogen-bond donors (Lipinski definition) is 3. The van der Waals surface area contributed by atoms with Gasteiger partial charge < -0.3 is 25.0 Å². The molecule has 1 amide bonds. The van der Waals surface area contributed by atoms with Crippen LogP contribution < -0.4 is 10.1 Å². The van der Waals surface area contributed by atoms with Crippen LogP contribution in [0.1, 0.15) is 49.7 Å². The first-order valence-electron chi connectivity index (χ1n) is 12.7. The van der Waals surface area contributed by atoms with Gasteiger partial charge in [0.2, 0.25) is 5.91 Å². The molecule has 2 heterocycles. The van der Waals surface area contributed by atoms with E-state index in [0.29, 0.717) is 31.6 Å². The number of phenols is 1. The van der Waals surface area contributed by atoms with Crippen LogP contribution in [-0.4, -0.2) is 76.3 Å². The van der Waals surface area contributed by atoms with E-state index in [1.54, 1.807) is 6.07 Å². The highest BCUT2D eigenvalue weighted by Crippen LogP contribution is 2.65. The van der Waals surface area contributed by atoms with Gasteiger partial charge in [-0.1, -0.05) is 6.07 Å². The Morgan fingerprint density at radius 3 is 2.71 bits per heavy atom. The number of hydrogen-bond acceptors (Lipinski definition) is 8. The Morgan fingerprint density at radius 1 is 1.26 bits per heavy atom. The molecular weight excluding hydrogens is 452 g/mol. The fraction of sp³-hybridized carbons (Fsp3) is 0.654. The minimum Gasteiger partial charge on any atom is -0.504 e. The summed E-state index contributed by atoms with van der Waals surface area (Å²) in [6, 6.07) is 3.21. The van der Waals surface area contributed by atoms with Crippen molar-refractivity contribution in [3.8, 4) is 11.5 Å². The normalized spacial score (nSPS) is 37.8. The predicted octanol–water partition coefficient (Wildman–Crippen LogP) is 0.573. The van der Waals surface area contributed by atoms with E-state index in [1.807, 2.05) is 6.07 Å². The molecule has 2 aliphatic heterocycles. The summed E-state index contributed by atoms with van der Waals surface area (Å²) in [7, 11) is 1.28. The molecule has 4 aliphatic carbocycles. The lowest BCUT2D eigenvalue weighted by atomic mass is 9.47. The lowest BCUT2D eigenvalue weighted by Gasteiger charge is -2.63. The van der Waals surface area contributed by atoms with Gasteiger partial charge in [-0.3, -0.25) is 14.5 Å². The van der Waals surface area contributed by atoms with Gasteiger partial charge in [0, 0.05) is 18.2 Å². The smallest absolute Gasteiger partial charge is 0.331 e. The highest BCUT2D eigenvalue weighted by Gasteiger charge is 2.75. The number of phenolic OH excluding ortho intramolecular Hbond substituents is 1. The van der Waals surface area contributed by atoms with Crippen LogP contribution in [0.4, 0.5) is 0 Å². The molecule has 6 aliphatic rings. The molecule has 7 rings (SSSR count). The fourth-order valence-corrected chi connectivity index (χ4v) is 7.55. The number of piperidine rings is 1. The first-order chi connectivity index (χ1) is 16.7. The lowest BCUT2D eigenvalue weighted by molar-refractivity contribution is -0.198. The van der Waals surface area contributed by atoms with Crippen molar-refractivity contribution in [3.05, 3.63) is 23.3 Å². The number of aliphatic hydroxyl groups is 1. The Bertz CT molecular complexity index is 1170. The number of methoxy groups -OCH3 is 1. The van der Waals surface area contributed by atoms with Gasteiger partial charge in [-0.2, -0.15) is 0 Å². The number of nitrogens with one attached hydrogen (secondary N) is 1. The number of aromatic hydroxyl groups is 1. The predicted molar refractivity (Wildman–Crippen MR) is 121 cm³/mol. The molecule has 1 spiro atoms. The average molecular weight is 483 g/mol. The van der Waals surface area contributed by atoms with Crippen molar-refractivity contribution in [1.82, 2.24) is 10.2 Å². The molecule has 9 nitrogen and oxygen atoms in total. The largest absolute Gasteiger partial charge is 0.504 e. The molecule has 0 aromatic heterocycles. The number of ether oxygens (including phenoxy) is 2. The van der Waals surface area contributed by atoms with Crippen LogP contribution in [0.15, 0.2) is 12.1 Å². The summed E-state index contributed by atoms with van der Waals surface area (Å²) in [4.78, 5) is 41.9. The van der Waals surface area contributed by atoms with Crippen molar-refractivity contribution in [2.75, 3.05) is 20.2 Å². The maximum absolute atomic E-state index is 13.9. The molecule has 3 saturated carbocycles. The minimum atomic E-state index is -1.38. The second-order valence-corrected chi connectivity index (χ2v) is 11.5. The summed E-state index contributed by atoms with van der Waals surface area (Å²) in [6.45, 7) is 1.62. The summed E-state index contributed by atoms with van der Waals surface area (Å²) in [5.74, 6) is -1.80. The number of esters is 1. The van der Waals surface area contributed by atoms with Crippen LogP contribution in [-0.2, 0) is 31.0 Å². The van der Waals surface area contributed by atoms with Gasteiger partial charge in [0.1, 0.15) is 11.5 Å². The Balaban J connectivity index is 1.31. The van der Waals surface area contributed by atoms with Crippen LogP contribution in [0.5, 0.6) is 11.5 Å². The fourth-order valence-electron chi connectivity index (χ4n) is 7.55. The van der Waals surface area contributed by atoms with E-state index in [1.165, 1.54) is 20.0 Å². The Kier molecular flexibility index (Phi) is 4.18. The number of rotatable bonds is 5. The summed E-state index contributed by atoms with van der Waals surface area (Å²) < 4.78 is 11.0. The second kappa shape index (κ2) is 6.76. The van der Waals surface area contributed by atoms with Crippen molar-refractivity contribution in [2.45, 2.75) is 73.6 Å². The lowest BCUT2D eigenvalue weighted by Crippen LogP contribution is -2.78. The Labute approximate surface area is 202 Å². The molecule has 2 bridgehead atoms. The first kappa shape index (κ1) is 21.6. The van der Waals surface area contributed by atoms with E-state index in [4.69, 9.17) is 9.47 Å². The number of benzene rings is 1. The number of Topliss-reactive ketones (excluding diaryl/α,β-unsaturated/α-hetero) is 1. The van der Waals surface area contributed by atoms with Crippen molar-refractivity contribution in [3.63, 3.8) is 0 Å². The monoisotopic (exact) mass is 482 g/mol. The maximum atomic E-state index is 13.9. The second-order valence-electron chi connectivity index (χ2n) is 11.5. The zero-order chi connectivity index (χ0) is 24.3. The van der Waals surface area contributed by atoms with Crippen LogP contribution in [0, 0.1) is 11.8 Å². The van der Waals surface area contributed by atoms with Gasteiger partial charge in [0.05, 0.1) is 18.1 Å². The third-order valence-corrected chi connectivity index (χ3v) is 9.64. The Hall–Kier alpha value is -2.65. The Morgan fingerprint density at radius 2 is 2.03 bits per heavy atom. The highest BCUT2D eigenvalue weighted by atomic mass is 16.5. The molecule has 5 atom stereocenters. The van der Waals surface area contributed by atoms with Gasteiger partial charge in [0.25, 0.3) is 0 Å². The van der Waals surface area contributed by atoms with E-state index in [0.717, 1.165) is 24.2 Å². The molecule has 35 heavy (non-hydrogen) atoms. The number of ketones is 1. The van der Waals surface area contributed by atoms with Crippen molar-refractivity contribution < 1.29 is 34.1 Å².